The van der Waals surface area contributed by atoms with Gasteiger partial charge in [0.05, 0.1) is 11.3 Å². The van der Waals surface area contributed by atoms with Crippen LogP contribution >= 0.6 is 0 Å². The second kappa shape index (κ2) is 8.87. The lowest BCUT2D eigenvalue weighted by atomic mass is 9.95. The molecule has 1 unspecified atom stereocenters. The molecule has 1 atom stereocenters. The first-order valence-corrected chi connectivity index (χ1v) is 10.7. The Labute approximate surface area is 171 Å². The molecule has 29 heavy (non-hydrogen) atoms. The maximum atomic E-state index is 13.0. The molecule has 0 aliphatic heterocycles. The molecule has 3 rings (SSSR count). The SMILES string of the molecule is C/C=C(\ON=C(C)C)c1c(-c2ccccc2)c2cc(NS(C)=O)ccc2[nH]c1=O. The van der Waals surface area contributed by atoms with Crippen molar-refractivity contribution in [3.8, 4) is 11.1 Å². The Balaban J connectivity index is 2.37. The highest BCUT2D eigenvalue weighted by Crippen LogP contribution is 2.34. The number of hydrogen-bond donors (Lipinski definition) is 2. The van der Waals surface area contributed by atoms with Gasteiger partial charge in [0, 0.05) is 28.4 Å². The van der Waals surface area contributed by atoms with Crippen LogP contribution in [0.1, 0.15) is 26.3 Å². The molecule has 0 bridgehead atoms. The van der Waals surface area contributed by atoms with Crippen molar-refractivity contribution in [2.45, 2.75) is 20.8 Å². The summed E-state index contributed by atoms with van der Waals surface area (Å²) in [6.07, 6.45) is 3.29. The number of rotatable bonds is 6. The molecule has 1 heterocycles. The molecule has 0 radical (unpaired) electrons. The largest absolute Gasteiger partial charge is 0.357 e. The lowest BCUT2D eigenvalue weighted by molar-refractivity contribution is 0.296. The Bertz CT molecular complexity index is 1180. The van der Waals surface area contributed by atoms with Gasteiger partial charge in [-0.15, -0.1) is 0 Å². The fourth-order valence-corrected chi connectivity index (χ4v) is 3.50. The van der Waals surface area contributed by atoms with E-state index < -0.39 is 11.0 Å². The zero-order chi connectivity index (χ0) is 21.0. The van der Waals surface area contributed by atoms with Crippen molar-refractivity contribution < 1.29 is 9.05 Å². The van der Waals surface area contributed by atoms with E-state index in [4.69, 9.17) is 4.84 Å². The monoisotopic (exact) mass is 409 g/mol. The molecule has 2 N–H and O–H groups in total. The van der Waals surface area contributed by atoms with Gasteiger partial charge in [-0.05, 0) is 50.6 Å². The summed E-state index contributed by atoms with van der Waals surface area (Å²) in [5, 5.41) is 4.83. The zero-order valence-corrected chi connectivity index (χ0v) is 17.6. The Morgan fingerprint density at radius 1 is 1.17 bits per heavy atom. The second-order valence-corrected chi connectivity index (χ2v) is 7.78. The van der Waals surface area contributed by atoms with Crippen LogP contribution in [0.2, 0.25) is 0 Å². The van der Waals surface area contributed by atoms with E-state index >= 15 is 0 Å². The van der Waals surface area contributed by atoms with E-state index in [-0.39, 0.29) is 5.56 Å². The van der Waals surface area contributed by atoms with Crippen LogP contribution in [0, 0.1) is 0 Å². The van der Waals surface area contributed by atoms with Crippen LogP contribution in [0.15, 0.2) is 64.6 Å². The first-order chi connectivity index (χ1) is 13.9. The molecule has 7 heteroatoms. The highest BCUT2D eigenvalue weighted by Gasteiger charge is 2.19. The Morgan fingerprint density at radius 2 is 1.90 bits per heavy atom. The fraction of sp³-hybridized carbons (Fsp3) is 0.182. The van der Waals surface area contributed by atoms with Crippen molar-refractivity contribution in [2.75, 3.05) is 11.0 Å². The summed E-state index contributed by atoms with van der Waals surface area (Å²) in [5.74, 6) is 0.366. The molecule has 0 saturated heterocycles. The van der Waals surface area contributed by atoms with Crippen molar-refractivity contribution in [2.24, 2.45) is 5.16 Å². The second-order valence-electron chi connectivity index (χ2n) is 6.67. The van der Waals surface area contributed by atoms with Crippen LogP contribution in [0.4, 0.5) is 5.69 Å². The van der Waals surface area contributed by atoms with Crippen molar-refractivity contribution in [1.82, 2.24) is 4.98 Å². The van der Waals surface area contributed by atoms with Gasteiger partial charge in [0.2, 0.25) is 0 Å². The van der Waals surface area contributed by atoms with E-state index in [2.05, 4.69) is 14.9 Å². The molecular weight excluding hydrogens is 386 g/mol. The molecule has 0 saturated carbocycles. The van der Waals surface area contributed by atoms with Gasteiger partial charge in [-0.1, -0.05) is 35.5 Å². The van der Waals surface area contributed by atoms with E-state index in [1.807, 2.05) is 50.2 Å². The van der Waals surface area contributed by atoms with Crippen LogP contribution < -0.4 is 10.3 Å². The number of nitrogens with one attached hydrogen (secondary N) is 2. The van der Waals surface area contributed by atoms with Crippen LogP contribution in [0.25, 0.3) is 27.8 Å². The average Bonchev–Trinajstić information content (AvgIpc) is 2.68. The minimum Gasteiger partial charge on any atom is -0.357 e. The van der Waals surface area contributed by atoms with E-state index in [1.165, 1.54) is 0 Å². The Morgan fingerprint density at radius 3 is 2.52 bits per heavy atom. The predicted molar refractivity (Wildman–Crippen MR) is 121 cm³/mol. The summed E-state index contributed by atoms with van der Waals surface area (Å²) in [6.45, 7) is 5.43. The lowest BCUT2D eigenvalue weighted by Crippen LogP contribution is -2.15. The summed E-state index contributed by atoms with van der Waals surface area (Å²) in [4.78, 5) is 21.6. The quantitative estimate of drug-likeness (QED) is 0.352. The van der Waals surface area contributed by atoms with Crippen molar-refractivity contribution in [1.29, 1.82) is 0 Å². The van der Waals surface area contributed by atoms with Gasteiger partial charge in [0.15, 0.2) is 5.76 Å². The molecule has 2 aromatic carbocycles. The Kier molecular flexibility index (Phi) is 6.29. The van der Waals surface area contributed by atoms with E-state index in [0.29, 0.717) is 22.5 Å². The molecular formula is C22H23N3O3S. The highest BCUT2D eigenvalue weighted by molar-refractivity contribution is 7.85. The first-order valence-electron chi connectivity index (χ1n) is 9.11. The van der Waals surface area contributed by atoms with Crippen LogP contribution in [-0.2, 0) is 15.8 Å². The number of nitrogens with zero attached hydrogens (tertiary/aromatic N) is 1. The predicted octanol–water partition coefficient (Wildman–Crippen LogP) is 4.67. The maximum Gasteiger partial charge on any atom is 0.260 e. The Hall–Kier alpha value is -3.19. The van der Waals surface area contributed by atoms with E-state index in [1.54, 1.807) is 31.4 Å². The van der Waals surface area contributed by atoms with Gasteiger partial charge in [-0.3, -0.25) is 4.79 Å². The van der Waals surface area contributed by atoms with E-state index in [0.717, 1.165) is 22.2 Å². The molecule has 0 amide bonds. The van der Waals surface area contributed by atoms with Crippen LogP contribution in [0.3, 0.4) is 0 Å². The topological polar surface area (TPSA) is 83.5 Å². The smallest absolute Gasteiger partial charge is 0.260 e. The average molecular weight is 410 g/mol. The summed E-state index contributed by atoms with van der Waals surface area (Å²) < 4.78 is 14.5. The third-order valence-corrected chi connectivity index (χ3v) is 4.70. The van der Waals surface area contributed by atoms with Gasteiger partial charge in [0.25, 0.3) is 5.56 Å². The molecule has 0 aliphatic carbocycles. The summed E-state index contributed by atoms with van der Waals surface area (Å²) in [7, 11) is -1.21. The molecule has 0 spiro atoms. The summed E-state index contributed by atoms with van der Waals surface area (Å²) in [6, 6.07) is 15.1. The number of H-pyrrole nitrogens is 1. The van der Waals surface area contributed by atoms with Crippen molar-refractivity contribution in [3.63, 3.8) is 0 Å². The highest BCUT2D eigenvalue weighted by atomic mass is 32.2. The zero-order valence-electron chi connectivity index (χ0n) is 16.8. The van der Waals surface area contributed by atoms with Crippen LogP contribution in [-0.4, -0.2) is 21.2 Å². The van der Waals surface area contributed by atoms with Crippen molar-refractivity contribution in [3.05, 3.63) is 70.5 Å². The number of anilines is 1. The van der Waals surface area contributed by atoms with Gasteiger partial charge in [-0.25, -0.2) is 4.21 Å². The number of aromatic amines is 1. The van der Waals surface area contributed by atoms with Gasteiger partial charge < -0.3 is 14.5 Å². The molecule has 1 aromatic heterocycles. The summed E-state index contributed by atoms with van der Waals surface area (Å²) in [5.41, 5.74) is 3.83. The lowest BCUT2D eigenvalue weighted by Gasteiger charge is -2.15. The normalized spacial score (nSPS) is 12.5. The van der Waals surface area contributed by atoms with Gasteiger partial charge in [0.1, 0.15) is 11.0 Å². The number of fused-ring (bicyclic) bond motifs is 1. The molecule has 0 aliphatic rings. The van der Waals surface area contributed by atoms with Crippen LogP contribution in [0.5, 0.6) is 0 Å². The third-order valence-electron chi connectivity index (χ3n) is 4.17. The minimum atomic E-state index is -1.21. The maximum absolute atomic E-state index is 13.0. The van der Waals surface area contributed by atoms with Gasteiger partial charge in [-0.2, -0.15) is 0 Å². The number of allylic oxidation sites excluding steroid dienone is 1. The standard InChI is InChI=1S/C22H23N3O3S/c1-5-19(28-24-14(2)3)21-20(15-9-7-6-8-10-15)17-13-16(25-29(4)27)11-12-18(17)23-22(21)26/h5-13,25H,1-4H3,(H,23,26)/b19-5-. The molecule has 150 valence electrons. The molecule has 6 nitrogen and oxygen atoms in total. The number of benzene rings is 2. The van der Waals surface area contributed by atoms with E-state index in [9.17, 15) is 9.00 Å². The molecule has 0 fully saturated rings. The van der Waals surface area contributed by atoms with Crippen molar-refractivity contribution >= 4 is 39.0 Å². The fourth-order valence-electron chi connectivity index (χ4n) is 3.05. The first kappa shape index (κ1) is 20.5. The molecule has 3 aromatic rings. The van der Waals surface area contributed by atoms with Gasteiger partial charge >= 0.3 is 0 Å². The number of aromatic nitrogens is 1. The minimum absolute atomic E-state index is 0.270. The summed E-state index contributed by atoms with van der Waals surface area (Å²) >= 11 is 0. The number of hydrogen-bond acceptors (Lipinski definition) is 4. The third kappa shape index (κ3) is 4.63. The number of oxime groups is 1. The number of pyridine rings is 1.